The molecule has 20 heavy (non-hydrogen) atoms. The summed E-state index contributed by atoms with van der Waals surface area (Å²) in [6.45, 7) is 1.28. The predicted molar refractivity (Wildman–Crippen MR) is 77.2 cm³/mol. The van der Waals surface area contributed by atoms with E-state index < -0.39 is 0 Å². The zero-order valence-corrected chi connectivity index (χ0v) is 11.9. The van der Waals surface area contributed by atoms with Gasteiger partial charge in [0.05, 0.1) is 24.3 Å². The van der Waals surface area contributed by atoms with Crippen LogP contribution in [-0.4, -0.2) is 7.05 Å². The summed E-state index contributed by atoms with van der Waals surface area (Å²) in [4.78, 5) is 0. The van der Waals surface area contributed by atoms with Gasteiger partial charge in [0, 0.05) is 5.56 Å². The van der Waals surface area contributed by atoms with E-state index >= 15 is 0 Å². The van der Waals surface area contributed by atoms with Crippen molar-refractivity contribution in [3.63, 3.8) is 0 Å². The molecule has 0 saturated heterocycles. The van der Waals surface area contributed by atoms with Gasteiger partial charge in [0.2, 0.25) is 0 Å². The van der Waals surface area contributed by atoms with Crippen LogP contribution in [0.2, 0.25) is 5.02 Å². The molecule has 0 radical (unpaired) electrons. The van der Waals surface area contributed by atoms with Crippen molar-refractivity contribution in [2.45, 2.75) is 19.3 Å². The lowest BCUT2D eigenvalue weighted by atomic mass is 9.95. The van der Waals surface area contributed by atoms with Crippen LogP contribution in [0.25, 0.3) is 0 Å². The number of nitrogens with one attached hydrogen (secondary N) is 1. The van der Waals surface area contributed by atoms with Gasteiger partial charge < -0.3 is 10.1 Å². The maximum absolute atomic E-state index is 14.2. The number of hydrogen-bond acceptors (Lipinski definition) is 2. The van der Waals surface area contributed by atoms with Crippen molar-refractivity contribution in [2.75, 3.05) is 7.05 Å². The van der Waals surface area contributed by atoms with Gasteiger partial charge in [0.15, 0.2) is 0 Å². The van der Waals surface area contributed by atoms with Gasteiger partial charge in [-0.05, 0) is 29.8 Å². The summed E-state index contributed by atoms with van der Waals surface area (Å²) in [6, 6.07) is 11.0. The van der Waals surface area contributed by atoms with Crippen LogP contribution in [-0.2, 0) is 18.0 Å². The van der Waals surface area contributed by atoms with Crippen LogP contribution in [0.5, 0.6) is 0 Å². The largest absolute Gasteiger partial charge is 0.372 e. The van der Waals surface area contributed by atoms with Crippen LogP contribution in [0.4, 0.5) is 4.39 Å². The minimum atomic E-state index is -0.370. The molecule has 4 heteroatoms. The van der Waals surface area contributed by atoms with Crippen LogP contribution in [0.15, 0.2) is 36.4 Å². The van der Waals surface area contributed by atoms with Gasteiger partial charge in [-0.15, -0.1) is 0 Å². The number of hydrogen-bond donors (Lipinski definition) is 1. The highest BCUT2D eigenvalue weighted by atomic mass is 35.5. The van der Waals surface area contributed by atoms with E-state index in [2.05, 4.69) is 11.4 Å². The molecule has 2 aromatic carbocycles. The van der Waals surface area contributed by atoms with Crippen molar-refractivity contribution in [3.8, 4) is 0 Å². The second kappa shape index (κ2) is 5.52. The van der Waals surface area contributed by atoms with E-state index in [1.54, 1.807) is 18.2 Å². The fourth-order valence-corrected chi connectivity index (χ4v) is 2.80. The average molecular weight is 292 g/mol. The van der Waals surface area contributed by atoms with E-state index in [-0.39, 0.29) is 16.9 Å². The molecule has 0 fully saturated rings. The summed E-state index contributed by atoms with van der Waals surface area (Å²) in [7, 11) is 1.81. The van der Waals surface area contributed by atoms with Crippen LogP contribution in [0.3, 0.4) is 0 Å². The Bertz CT molecular complexity index is 644. The van der Waals surface area contributed by atoms with E-state index in [1.807, 2.05) is 19.2 Å². The first-order chi connectivity index (χ1) is 9.70. The van der Waals surface area contributed by atoms with E-state index in [0.29, 0.717) is 18.8 Å². The normalized spacial score (nSPS) is 15.2. The van der Waals surface area contributed by atoms with Crippen LogP contribution in [0, 0.1) is 5.82 Å². The van der Waals surface area contributed by atoms with Gasteiger partial charge in [0.1, 0.15) is 5.82 Å². The zero-order chi connectivity index (χ0) is 14.1. The third kappa shape index (κ3) is 2.33. The summed E-state index contributed by atoms with van der Waals surface area (Å²) in [6.07, 6.45) is 0. The standard InChI is InChI=1S/C16H15ClFNO/c1-19-16(13-3-2-4-14(17)15(13)18)10-5-6-11-8-20-9-12(11)7-10/h2-7,16,19H,8-9H2,1H3. The highest BCUT2D eigenvalue weighted by Gasteiger charge is 2.20. The molecule has 3 rings (SSSR count). The lowest BCUT2D eigenvalue weighted by molar-refractivity contribution is 0.134. The zero-order valence-electron chi connectivity index (χ0n) is 11.1. The van der Waals surface area contributed by atoms with Gasteiger partial charge in [0.25, 0.3) is 0 Å². The summed E-state index contributed by atoms with van der Waals surface area (Å²) in [5.74, 6) is -0.370. The number of benzene rings is 2. The monoisotopic (exact) mass is 291 g/mol. The summed E-state index contributed by atoms with van der Waals surface area (Å²) in [5, 5.41) is 3.30. The van der Waals surface area contributed by atoms with Crippen LogP contribution in [0.1, 0.15) is 28.3 Å². The molecule has 1 aliphatic rings. The Morgan fingerprint density at radius 3 is 2.80 bits per heavy atom. The van der Waals surface area contributed by atoms with E-state index in [4.69, 9.17) is 16.3 Å². The van der Waals surface area contributed by atoms with Crippen molar-refractivity contribution in [1.29, 1.82) is 0 Å². The Kier molecular flexibility index (Phi) is 3.74. The van der Waals surface area contributed by atoms with Gasteiger partial charge in [-0.1, -0.05) is 41.9 Å². The molecule has 0 amide bonds. The SMILES string of the molecule is CNC(c1ccc2c(c1)COC2)c1cccc(Cl)c1F. The summed E-state index contributed by atoms with van der Waals surface area (Å²) in [5.41, 5.74) is 3.94. The quantitative estimate of drug-likeness (QED) is 0.928. The molecule has 0 aliphatic carbocycles. The second-order valence-electron chi connectivity index (χ2n) is 4.89. The van der Waals surface area contributed by atoms with Crippen molar-refractivity contribution in [1.82, 2.24) is 5.32 Å². The average Bonchev–Trinajstić information content (AvgIpc) is 2.92. The Balaban J connectivity index is 2.03. The maximum atomic E-state index is 14.2. The Morgan fingerprint density at radius 2 is 2.00 bits per heavy atom. The van der Waals surface area contributed by atoms with Gasteiger partial charge >= 0.3 is 0 Å². The van der Waals surface area contributed by atoms with Gasteiger partial charge in [-0.2, -0.15) is 0 Å². The van der Waals surface area contributed by atoms with E-state index in [9.17, 15) is 4.39 Å². The first kappa shape index (κ1) is 13.6. The third-order valence-electron chi connectivity index (χ3n) is 3.66. The van der Waals surface area contributed by atoms with Crippen molar-refractivity contribution < 1.29 is 9.13 Å². The Morgan fingerprint density at radius 1 is 1.20 bits per heavy atom. The molecular weight excluding hydrogens is 277 g/mol. The lowest BCUT2D eigenvalue weighted by Gasteiger charge is -2.19. The molecule has 1 atom stereocenters. The van der Waals surface area contributed by atoms with Gasteiger partial charge in [-0.25, -0.2) is 4.39 Å². The minimum absolute atomic E-state index is 0.146. The van der Waals surface area contributed by atoms with Gasteiger partial charge in [-0.3, -0.25) is 0 Å². The van der Waals surface area contributed by atoms with Crippen LogP contribution >= 0.6 is 11.6 Å². The molecule has 1 heterocycles. The Hall–Kier alpha value is -1.42. The summed E-state index contributed by atoms with van der Waals surface area (Å²) < 4.78 is 19.6. The number of ether oxygens (including phenoxy) is 1. The Labute approximate surface area is 122 Å². The summed E-state index contributed by atoms with van der Waals surface area (Å²) >= 11 is 5.87. The molecular formula is C16H15ClFNO. The molecule has 2 nitrogen and oxygen atoms in total. The second-order valence-corrected chi connectivity index (χ2v) is 5.29. The lowest BCUT2D eigenvalue weighted by Crippen LogP contribution is -2.19. The minimum Gasteiger partial charge on any atom is -0.372 e. The molecule has 0 aromatic heterocycles. The number of halogens is 2. The fourth-order valence-electron chi connectivity index (χ4n) is 2.62. The molecule has 0 spiro atoms. The first-order valence-corrected chi connectivity index (χ1v) is 6.89. The molecule has 1 aliphatic heterocycles. The van der Waals surface area contributed by atoms with E-state index in [0.717, 1.165) is 5.56 Å². The van der Waals surface area contributed by atoms with Crippen molar-refractivity contribution in [3.05, 3.63) is 69.5 Å². The fraction of sp³-hybridized carbons (Fsp3) is 0.250. The molecule has 2 aromatic rings. The molecule has 0 saturated carbocycles. The molecule has 1 N–H and O–H groups in total. The predicted octanol–water partition coefficient (Wildman–Crippen LogP) is 3.82. The van der Waals surface area contributed by atoms with Crippen molar-refractivity contribution in [2.24, 2.45) is 0 Å². The number of fused-ring (bicyclic) bond motifs is 1. The smallest absolute Gasteiger partial charge is 0.146 e. The van der Waals surface area contributed by atoms with Crippen LogP contribution < -0.4 is 5.32 Å². The molecule has 104 valence electrons. The number of rotatable bonds is 3. The first-order valence-electron chi connectivity index (χ1n) is 6.51. The topological polar surface area (TPSA) is 21.3 Å². The molecule has 1 unspecified atom stereocenters. The van der Waals surface area contributed by atoms with Crippen molar-refractivity contribution >= 4 is 11.6 Å². The highest BCUT2D eigenvalue weighted by molar-refractivity contribution is 6.30. The highest BCUT2D eigenvalue weighted by Crippen LogP contribution is 2.30. The maximum Gasteiger partial charge on any atom is 0.146 e. The molecule has 0 bridgehead atoms. The third-order valence-corrected chi connectivity index (χ3v) is 3.95. The van der Waals surface area contributed by atoms with E-state index in [1.165, 1.54) is 11.1 Å².